The molecule has 1 aliphatic heterocycles. The van der Waals surface area contributed by atoms with Gasteiger partial charge in [0, 0.05) is 11.1 Å². The summed E-state index contributed by atoms with van der Waals surface area (Å²) in [6.45, 7) is 1.22. The van der Waals surface area contributed by atoms with E-state index in [0.29, 0.717) is 33.8 Å². The average Bonchev–Trinajstić information content (AvgIpc) is 2.98. The van der Waals surface area contributed by atoms with Gasteiger partial charge in [-0.1, -0.05) is 23.7 Å². The summed E-state index contributed by atoms with van der Waals surface area (Å²) in [4.78, 5) is 29.5. The van der Waals surface area contributed by atoms with E-state index in [9.17, 15) is 9.59 Å². The molecule has 0 radical (unpaired) electrons. The Morgan fingerprint density at radius 2 is 1.97 bits per heavy atom. The van der Waals surface area contributed by atoms with Gasteiger partial charge in [-0.25, -0.2) is 0 Å². The number of benzene rings is 2. The number of carbonyl (C=O) groups is 1. The summed E-state index contributed by atoms with van der Waals surface area (Å²) >= 11 is 6.21. The molecule has 29 heavy (non-hydrogen) atoms. The van der Waals surface area contributed by atoms with Crippen molar-refractivity contribution in [3.05, 3.63) is 74.6 Å². The summed E-state index contributed by atoms with van der Waals surface area (Å²) in [6.07, 6.45) is 0. The highest BCUT2D eigenvalue weighted by atomic mass is 35.5. The van der Waals surface area contributed by atoms with Crippen molar-refractivity contribution in [2.75, 3.05) is 34.3 Å². The molecule has 6 nitrogen and oxygen atoms in total. The molecule has 2 heterocycles. The number of fused-ring (bicyclic) bond motifs is 2. The SMILES string of the molecule is COc1ccc2c(=O)c3c(oc2c1)C(=O)N(CC[NH+](C)C)[C@@H]3c1cccc(Cl)c1. The van der Waals surface area contributed by atoms with E-state index in [0.717, 1.165) is 12.1 Å². The van der Waals surface area contributed by atoms with E-state index < -0.39 is 6.04 Å². The summed E-state index contributed by atoms with van der Waals surface area (Å²) in [5, 5.41) is 0.973. The van der Waals surface area contributed by atoms with Gasteiger partial charge in [0.1, 0.15) is 11.3 Å². The average molecular weight is 414 g/mol. The molecule has 0 saturated carbocycles. The molecule has 0 unspecified atom stereocenters. The molecular weight excluding hydrogens is 392 g/mol. The predicted octanol–water partition coefficient (Wildman–Crippen LogP) is 2.14. The van der Waals surface area contributed by atoms with Gasteiger partial charge < -0.3 is 19.0 Å². The van der Waals surface area contributed by atoms with Crippen molar-refractivity contribution in [1.29, 1.82) is 0 Å². The first-order valence-electron chi connectivity index (χ1n) is 9.41. The highest BCUT2D eigenvalue weighted by Gasteiger charge is 2.42. The molecule has 1 amide bonds. The quantitative estimate of drug-likeness (QED) is 0.696. The Balaban J connectivity index is 1.94. The minimum absolute atomic E-state index is 0.0921. The van der Waals surface area contributed by atoms with E-state index in [-0.39, 0.29) is 17.1 Å². The van der Waals surface area contributed by atoms with Crippen molar-refractivity contribution < 1.29 is 18.8 Å². The van der Waals surface area contributed by atoms with Crippen LogP contribution >= 0.6 is 11.6 Å². The van der Waals surface area contributed by atoms with E-state index in [1.165, 1.54) is 12.0 Å². The fourth-order valence-corrected chi connectivity index (χ4v) is 3.92. The van der Waals surface area contributed by atoms with Crippen LogP contribution in [0.25, 0.3) is 11.0 Å². The van der Waals surface area contributed by atoms with Crippen molar-refractivity contribution >= 4 is 28.5 Å². The molecule has 3 aromatic rings. The van der Waals surface area contributed by atoms with Crippen LogP contribution in [0.4, 0.5) is 0 Å². The number of nitrogens with one attached hydrogen (secondary N) is 1. The second-order valence-corrected chi connectivity index (χ2v) is 7.89. The number of rotatable bonds is 5. The third-order valence-corrected chi connectivity index (χ3v) is 5.43. The summed E-state index contributed by atoms with van der Waals surface area (Å²) in [5.41, 5.74) is 1.29. The molecule has 150 valence electrons. The van der Waals surface area contributed by atoms with Crippen LogP contribution in [-0.2, 0) is 0 Å². The molecule has 0 saturated heterocycles. The smallest absolute Gasteiger partial charge is 0.291 e. The van der Waals surface area contributed by atoms with E-state index in [4.69, 9.17) is 20.8 Å². The third-order valence-electron chi connectivity index (χ3n) is 5.19. The zero-order valence-corrected chi connectivity index (χ0v) is 17.2. The fraction of sp³-hybridized carbons (Fsp3) is 0.273. The largest absolute Gasteiger partial charge is 0.497 e. The van der Waals surface area contributed by atoms with Gasteiger partial charge in [0.05, 0.1) is 51.3 Å². The Kier molecular flexibility index (Phi) is 5.06. The van der Waals surface area contributed by atoms with Crippen LogP contribution in [0, 0.1) is 0 Å². The van der Waals surface area contributed by atoms with Crippen molar-refractivity contribution in [3.63, 3.8) is 0 Å². The summed E-state index contributed by atoms with van der Waals surface area (Å²) in [6, 6.07) is 11.8. The number of quaternary nitrogens is 1. The van der Waals surface area contributed by atoms with E-state index in [1.807, 2.05) is 26.2 Å². The molecule has 1 aliphatic rings. The van der Waals surface area contributed by atoms with Gasteiger partial charge in [-0.05, 0) is 29.8 Å². The Bertz CT molecular complexity index is 1160. The number of halogens is 1. The molecule has 0 bridgehead atoms. The monoisotopic (exact) mass is 413 g/mol. The van der Waals surface area contributed by atoms with Crippen LogP contribution in [0.5, 0.6) is 5.75 Å². The minimum atomic E-state index is -0.529. The van der Waals surface area contributed by atoms with Crippen LogP contribution in [0.15, 0.2) is 51.7 Å². The molecule has 0 spiro atoms. The van der Waals surface area contributed by atoms with Gasteiger partial charge in [-0.2, -0.15) is 0 Å². The molecular formula is C22H22ClN2O4+. The van der Waals surface area contributed by atoms with Crippen LogP contribution in [0.1, 0.15) is 27.7 Å². The summed E-state index contributed by atoms with van der Waals surface area (Å²) in [7, 11) is 5.58. The maximum Gasteiger partial charge on any atom is 0.291 e. The molecule has 0 fully saturated rings. The normalized spacial score (nSPS) is 16.0. The Labute approximate surface area is 173 Å². The lowest BCUT2D eigenvalue weighted by Gasteiger charge is -2.25. The first kappa shape index (κ1) is 19.5. The molecule has 7 heteroatoms. The Morgan fingerprint density at radius 1 is 1.17 bits per heavy atom. The van der Waals surface area contributed by atoms with E-state index >= 15 is 0 Å². The zero-order valence-electron chi connectivity index (χ0n) is 16.5. The van der Waals surface area contributed by atoms with Crippen molar-refractivity contribution in [2.45, 2.75) is 6.04 Å². The van der Waals surface area contributed by atoms with Crippen molar-refractivity contribution in [2.24, 2.45) is 0 Å². The third kappa shape index (κ3) is 3.39. The highest BCUT2D eigenvalue weighted by molar-refractivity contribution is 6.30. The first-order chi connectivity index (χ1) is 13.9. The first-order valence-corrected chi connectivity index (χ1v) is 9.78. The predicted molar refractivity (Wildman–Crippen MR) is 111 cm³/mol. The standard InChI is InChI=1S/C22H21ClN2O4/c1-24(2)9-10-25-19(13-5-4-6-14(23)11-13)18-20(26)16-8-7-15(28-3)12-17(16)29-21(18)22(25)27/h4-8,11-12,19H,9-10H2,1-3H3/p+1/t19-/m1/s1. The highest BCUT2D eigenvalue weighted by Crippen LogP contribution is 2.38. The number of hydrogen-bond acceptors (Lipinski definition) is 4. The van der Waals surface area contributed by atoms with Crippen LogP contribution < -0.4 is 15.1 Å². The topological polar surface area (TPSA) is 64.2 Å². The lowest BCUT2D eigenvalue weighted by atomic mass is 9.98. The number of hydrogen-bond donors (Lipinski definition) is 1. The van der Waals surface area contributed by atoms with Gasteiger partial charge in [0.25, 0.3) is 5.91 Å². The molecule has 4 rings (SSSR count). The van der Waals surface area contributed by atoms with Gasteiger partial charge in [-0.15, -0.1) is 0 Å². The zero-order chi connectivity index (χ0) is 20.7. The van der Waals surface area contributed by atoms with Gasteiger partial charge in [0.15, 0.2) is 5.43 Å². The molecule has 0 aliphatic carbocycles. The Morgan fingerprint density at radius 3 is 2.66 bits per heavy atom. The Hall–Kier alpha value is -2.83. The number of ether oxygens (including phenoxy) is 1. The van der Waals surface area contributed by atoms with Crippen LogP contribution in [0.2, 0.25) is 5.02 Å². The number of amides is 1. The molecule has 1 aromatic heterocycles. The van der Waals surface area contributed by atoms with Gasteiger partial charge in [-0.3, -0.25) is 9.59 Å². The van der Waals surface area contributed by atoms with Crippen molar-refractivity contribution in [3.8, 4) is 5.75 Å². The van der Waals surface area contributed by atoms with Crippen LogP contribution in [0.3, 0.4) is 0 Å². The fourth-order valence-electron chi connectivity index (χ4n) is 3.72. The van der Waals surface area contributed by atoms with E-state index in [1.54, 1.807) is 35.2 Å². The number of likely N-dealkylation sites (N-methyl/N-ethyl adjacent to an activating group) is 1. The number of methoxy groups -OCH3 is 1. The van der Waals surface area contributed by atoms with Crippen molar-refractivity contribution in [1.82, 2.24) is 4.90 Å². The van der Waals surface area contributed by atoms with Gasteiger partial charge in [0.2, 0.25) is 5.76 Å². The minimum Gasteiger partial charge on any atom is -0.497 e. The lowest BCUT2D eigenvalue weighted by molar-refractivity contribution is -0.857. The molecule has 1 N–H and O–H groups in total. The lowest BCUT2D eigenvalue weighted by Crippen LogP contribution is -3.06. The number of carbonyl (C=O) groups excluding carboxylic acids is 1. The molecule has 2 aromatic carbocycles. The summed E-state index contributed by atoms with van der Waals surface area (Å²) in [5.74, 6) is 0.369. The second-order valence-electron chi connectivity index (χ2n) is 7.45. The summed E-state index contributed by atoms with van der Waals surface area (Å²) < 4.78 is 11.2. The van der Waals surface area contributed by atoms with Gasteiger partial charge >= 0.3 is 0 Å². The van der Waals surface area contributed by atoms with E-state index in [2.05, 4.69) is 0 Å². The van der Waals surface area contributed by atoms with Crippen LogP contribution in [-0.4, -0.2) is 45.1 Å². The maximum atomic E-state index is 13.4. The number of nitrogens with zero attached hydrogens (tertiary/aromatic N) is 1. The molecule has 1 atom stereocenters. The maximum absolute atomic E-state index is 13.4. The second kappa shape index (κ2) is 7.54.